The number of rotatable bonds is 5. The van der Waals surface area contributed by atoms with Gasteiger partial charge in [0, 0.05) is 16.8 Å². The minimum atomic E-state index is -3.32. The summed E-state index contributed by atoms with van der Waals surface area (Å²) < 4.78 is 26.8. The number of nitrogens with zero attached hydrogens (tertiary/aromatic N) is 2. The number of benzene rings is 2. The molecular formula is C18H18N4O3S. The fourth-order valence-corrected chi connectivity index (χ4v) is 3.16. The lowest BCUT2D eigenvalue weighted by atomic mass is 10.1. The third-order valence-electron chi connectivity index (χ3n) is 3.71. The summed E-state index contributed by atoms with van der Waals surface area (Å²) in [6.07, 6.45) is 1.10. The van der Waals surface area contributed by atoms with Crippen molar-refractivity contribution in [2.75, 3.05) is 11.0 Å². The van der Waals surface area contributed by atoms with E-state index in [2.05, 4.69) is 9.82 Å². The van der Waals surface area contributed by atoms with Crippen molar-refractivity contribution in [3.8, 4) is 16.9 Å². The third kappa shape index (κ3) is 3.92. The van der Waals surface area contributed by atoms with Crippen LogP contribution in [0.15, 0.2) is 54.6 Å². The number of amides is 1. The van der Waals surface area contributed by atoms with Gasteiger partial charge in [-0.05, 0) is 49.4 Å². The number of aryl methyl sites for hydroxylation is 1. The van der Waals surface area contributed by atoms with Crippen molar-refractivity contribution in [1.82, 2.24) is 9.78 Å². The van der Waals surface area contributed by atoms with Gasteiger partial charge in [-0.2, -0.15) is 5.10 Å². The lowest BCUT2D eigenvalue weighted by molar-refractivity contribution is 0.100. The highest BCUT2D eigenvalue weighted by Gasteiger charge is 2.11. The molecule has 26 heavy (non-hydrogen) atoms. The topological polar surface area (TPSA) is 107 Å². The quantitative estimate of drug-likeness (QED) is 0.718. The van der Waals surface area contributed by atoms with Crippen LogP contribution in [0.3, 0.4) is 0 Å². The van der Waals surface area contributed by atoms with Gasteiger partial charge in [0.1, 0.15) is 0 Å². The zero-order chi connectivity index (χ0) is 18.9. The van der Waals surface area contributed by atoms with Crippen molar-refractivity contribution in [1.29, 1.82) is 0 Å². The normalized spacial score (nSPS) is 11.3. The highest BCUT2D eigenvalue weighted by Crippen LogP contribution is 2.25. The summed E-state index contributed by atoms with van der Waals surface area (Å²) in [5.41, 5.74) is 9.54. The number of nitrogens with one attached hydrogen (secondary N) is 1. The predicted octanol–water partition coefficient (Wildman–Crippen LogP) is 2.32. The first-order valence-corrected chi connectivity index (χ1v) is 9.67. The van der Waals surface area contributed by atoms with E-state index in [4.69, 9.17) is 5.73 Å². The van der Waals surface area contributed by atoms with Crippen LogP contribution >= 0.6 is 0 Å². The Balaban J connectivity index is 1.98. The Hall–Kier alpha value is -3.13. The molecule has 0 saturated heterocycles. The van der Waals surface area contributed by atoms with E-state index in [1.165, 1.54) is 0 Å². The molecule has 0 saturated carbocycles. The molecule has 0 aliphatic rings. The SMILES string of the molecule is Cc1cc(-c2ccc(C(N)=O)cc2)n(-c2ccc(NS(C)(=O)=O)cc2)n1. The van der Waals surface area contributed by atoms with Crippen molar-refractivity contribution in [3.05, 3.63) is 65.9 Å². The molecular weight excluding hydrogens is 352 g/mol. The summed E-state index contributed by atoms with van der Waals surface area (Å²) in [6, 6.07) is 15.8. The van der Waals surface area contributed by atoms with Crippen LogP contribution in [0, 0.1) is 6.92 Å². The van der Waals surface area contributed by atoms with Gasteiger partial charge in [-0.3, -0.25) is 9.52 Å². The molecule has 3 N–H and O–H groups in total. The third-order valence-corrected chi connectivity index (χ3v) is 4.32. The van der Waals surface area contributed by atoms with Crippen molar-refractivity contribution in [3.63, 3.8) is 0 Å². The smallest absolute Gasteiger partial charge is 0.248 e. The Morgan fingerprint density at radius 3 is 2.23 bits per heavy atom. The Morgan fingerprint density at radius 2 is 1.69 bits per heavy atom. The van der Waals surface area contributed by atoms with Gasteiger partial charge < -0.3 is 5.73 Å². The van der Waals surface area contributed by atoms with Gasteiger partial charge in [0.15, 0.2) is 0 Å². The molecule has 1 amide bonds. The second-order valence-corrected chi connectivity index (χ2v) is 7.69. The Labute approximate surface area is 151 Å². The van der Waals surface area contributed by atoms with E-state index in [0.717, 1.165) is 28.9 Å². The fourth-order valence-electron chi connectivity index (χ4n) is 2.59. The summed E-state index contributed by atoms with van der Waals surface area (Å²) in [6.45, 7) is 1.89. The molecule has 7 nitrogen and oxygen atoms in total. The van der Waals surface area contributed by atoms with Gasteiger partial charge in [-0.25, -0.2) is 13.1 Å². The summed E-state index contributed by atoms with van der Waals surface area (Å²) in [5, 5.41) is 4.51. The van der Waals surface area contributed by atoms with Gasteiger partial charge in [0.25, 0.3) is 0 Å². The number of hydrogen-bond acceptors (Lipinski definition) is 4. The van der Waals surface area contributed by atoms with Gasteiger partial charge in [0.05, 0.1) is 23.3 Å². The largest absolute Gasteiger partial charge is 0.366 e. The maximum atomic E-state index is 11.3. The van der Waals surface area contributed by atoms with E-state index in [-0.39, 0.29) is 0 Å². The molecule has 2 aromatic carbocycles. The number of primary amides is 1. The van der Waals surface area contributed by atoms with Crippen molar-refractivity contribution in [2.45, 2.75) is 6.92 Å². The van der Waals surface area contributed by atoms with Gasteiger partial charge in [-0.1, -0.05) is 12.1 Å². The lowest BCUT2D eigenvalue weighted by Crippen LogP contribution is -2.10. The van der Waals surface area contributed by atoms with Crippen LogP contribution in [0.2, 0.25) is 0 Å². The van der Waals surface area contributed by atoms with E-state index in [0.29, 0.717) is 11.3 Å². The number of anilines is 1. The molecule has 3 aromatic rings. The molecule has 3 rings (SSSR count). The summed E-state index contributed by atoms with van der Waals surface area (Å²) in [5.74, 6) is -0.477. The number of sulfonamides is 1. The molecule has 0 bridgehead atoms. The predicted molar refractivity (Wildman–Crippen MR) is 101 cm³/mol. The van der Waals surface area contributed by atoms with Crippen molar-refractivity contribution >= 4 is 21.6 Å². The molecule has 1 heterocycles. The summed E-state index contributed by atoms with van der Waals surface area (Å²) >= 11 is 0. The zero-order valence-corrected chi connectivity index (χ0v) is 15.1. The molecule has 8 heteroatoms. The number of aromatic nitrogens is 2. The van der Waals surface area contributed by atoms with E-state index >= 15 is 0 Å². The number of carbonyl (C=O) groups is 1. The van der Waals surface area contributed by atoms with Crippen LogP contribution in [-0.2, 0) is 10.0 Å². The maximum Gasteiger partial charge on any atom is 0.248 e. The van der Waals surface area contributed by atoms with Gasteiger partial charge in [0.2, 0.25) is 15.9 Å². The van der Waals surface area contributed by atoms with Gasteiger partial charge >= 0.3 is 0 Å². The summed E-state index contributed by atoms with van der Waals surface area (Å²) in [7, 11) is -3.32. The molecule has 0 atom stereocenters. The molecule has 1 aromatic heterocycles. The van der Waals surface area contributed by atoms with Gasteiger partial charge in [-0.15, -0.1) is 0 Å². The zero-order valence-electron chi connectivity index (χ0n) is 14.3. The first kappa shape index (κ1) is 17.7. The molecule has 0 aliphatic carbocycles. The van der Waals surface area contributed by atoms with Crippen molar-refractivity contribution < 1.29 is 13.2 Å². The molecule has 0 unspecified atom stereocenters. The van der Waals surface area contributed by atoms with Crippen LogP contribution in [-0.4, -0.2) is 30.4 Å². The first-order valence-electron chi connectivity index (χ1n) is 7.78. The number of nitrogens with two attached hydrogens (primary N) is 1. The minimum absolute atomic E-state index is 0.438. The average molecular weight is 370 g/mol. The average Bonchev–Trinajstić information content (AvgIpc) is 2.96. The molecule has 134 valence electrons. The number of carbonyl (C=O) groups excluding carboxylic acids is 1. The number of hydrogen-bond donors (Lipinski definition) is 2. The van der Waals surface area contributed by atoms with Crippen LogP contribution < -0.4 is 10.5 Å². The monoisotopic (exact) mass is 370 g/mol. The van der Waals surface area contributed by atoms with Crippen LogP contribution in [0.5, 0.6) is 0 Å². The maximum absolute atomic E-state index is 11.3. The minimum Gasteiger partial charge on any atom is -0.366 e. The molecule has 0 fully saturated rings. The Kier molecular flexibility index (Phi) is 4.52. The van der Waals surface area contributed by atoms with E-state index in [1.807, 2.05) is 25.1 Å². The van der Waals surface area contributed by atoms with E-state index in [1.54, 1.807) is 41.1 Å². The van der Waals surface area contributed by atoms with Crippen molar-refractivity contribution in [2.24, 2.45) is 5.73 Å². The standard InChI is InChI=1S/C18H18N4O3S/c1-12-11-17(13-3-5-14(6-4-13)18(19)23)22(20-12)16-9-7-15(8-10-16)21-26(2,24)25/h3-11,21H,1-2H3,(H2,19,23). The molecule has 0 spiro atoms. The van der Waals surface area contributed by atoms with E-state index in [9.17, 15) is 13.2 Å². The van der Waals surface area contributed by atoms with Crippen LogP contribution in [0.4, 0.5) is 5.69 Å². The molecule has 0 radical (unpaired) electrons. The van der Waals surface area contributed by atoms with Crippen LogP contribution in [0.25, 0.3) is 16.9 Å². The van der Waals surface area contributed by atoms with E-state index < -0.39 is 15.9 Å². The Bertz CT molecular complexity index is 1050. The molecule has 0 aliphatic heterocycles. The fraction of sp³-hybridized carbons (Fsp3) is 0.111. The Morgan fingerprint density at radius 1 is 1.08 bits per heavy atom. The first-order chi connectivity index (χ1) is 12.2. The second-order valence-electron chi connectivity index (χ2n) is 5.95. The van der Waals surface area contributed by atoms with Crippen LogP contribution in [0.1, 0.15) is 16.1 Å². The lowest BCUT2D eigenvalue weighted by Gasteiger charge is -2.09. The second kappa shape index (κ2) is 6.64. The highest BCUT2D eigenvalue weighted by molar-refractivity contribution is 7.92. The summed E-state index contributed by atoms with van der Waals surface area (Å²) in [4.78, 5) is 11.2. The highest BCUT2D eigenvalue weighted by atomic mass is 32.2.